The Kier molecular flexibility index (Phi) is 2.63. The molecule has 0 spiro atoms. The minimum Gasteiger partial charge on any atom is -0.399 e. The van der Waals surface area contributed by atoms with Crippen molar-refractivity contribution in [3.63, 3.8) is 0 Å². The van der Waals surface area contributed by atoms with Crippen LogP contribution in [0.1, 0.15) is 13.8 Å². The van der Waals surface area contributed by atoms with Crippen LogP contribution in [0.5, 0.6) is 0 Å². The van der Waals surface area contributed by atoms with Crippen LogP contribution in [0, 0.1) is 0 Å². The van der Waals surface area contributed by atoms with Gasteiger partial charge in [0.1, 0.15) is 0 Å². The van der Waals surface area contributed by atoms with E-state index in [9.17, 15) is 9.59 Å². The van der Waals surface area contributed by atoms with Crippen molar-refractivity contribution < 1.29 is 4.79 Å². The van der Waals surface area contributed by atoms with Gasteiger partial charge in [0.05, 0.1) is 11.0 Å². The molecule has 0 saturated carbocycles. The fourth-order valence-corrected chi connectivity index (χ4v) is 1.63. The maximum Gasteiger partial charge on any atom is 0.334 e. The quantitative estimate of drug-likeness (QED) is 0.639. The van der Waals surface area contributed by atoms with Gasteiger partial charge in [-0.1, -0.05) is 0 Å². The van der Waals surface area contributed by atoms with E-state index in [0.717, 1.165) is 4.57 Å². The molecule has 17 heavy (non-hydrogen) atoms. The van der Waals surface area contributed by atoms with Gasteiger partial charge in [0.15, 0.2) is 0 Å². The molecule has 90 valence electrons. The number of aromatic amines is 1. The number of nitrogens with one attached hydrogen (secondary N) is 2. The Labute approximate surface area is 97.4 Å². The van der Waals surface area contributed by atoms with Crippen molar-refractivity contribution in [2.75, 3.05) is 5.73 Å². The number of H-pyrrole nitrogens is 1. The molecule has 2 rings (SSSR count). The highest BCUT2D eigenvalue weighted by molar-refractivity contribution is 5.90. The van der Waals surface area contributed by atoms with Crippen molar-refractivity contribution in [2.24, 2.45) is 0 Å². The standard InChI is InChI=1S/C11H14N4O2/c1-6(2)13-10(16)15-9-5-7(12)3-4-8(9)14-11(15)17/h3-6H,12H2,1-2H3,(H,13,16)(H,14,17). The van der Waals surface area contributed by atoms with Crippen LogP contribution in [0.3, 0.4) is 0 Å². The van der Waals surface area contributed by atoms with Crippen LogP contribution in [0.15, 0.2) is 23.0 Å². The number of fused-ring (bicyclic) bond motifs is 1. The number of hydrogen-bond acceptors (Lipinski definition) is 3. The Morgan fingerprint density at radius 2 is 2.18 bits per heavy atom. The number of aromatic nitrogens is 2. The molecule has 6 heteroatoms. The normalized spacial score (nSPS) is 11.0. The van der Waals surface area contributed by atoms with E-state index in [-0.39, 0.29) is 6.04 Å². The number of rotatable bonds is 1. The van der Waals surface area contributed by atoms with E-state index < -0.39 is 11.7 Å². The summed E-state index contributed by atoms with van der Waals surface area (Å²) in [6.45, 7) is 3.65. The molecule has 0 radical (unpaired) electrons. The second kappa shape index (κ2) is 3.97. The van der Waals surface area contributed by atoms with Crippen molar-refractivity contribution >= 4 is 22.8 Å². The number of benzene rings is 1. The third kappa shape index (κ3) is 2.01. The molecule has 1 aromatic carbocycles. The Morgan fingerprint density at radius 3 is 2.82 bits per heavy atom. The van der Waals surface area contributed by atoms with Crippen LogP contribution >= 0.6 is 0 Å². The minimum absolute atomic E-state index is 0.0413. The summed E-state index contributed by atoms with van der Waals surface area (Å²) >= 11 is 0. The summed E-state index contributed by atoms with van der Waals surface area (Å²) in [5.41, 5.74) is 6.74. The fourth-order valence-electron chi connectivity index (χ4n) is 1.63. The van der Waals surface area contributed by atoms with Gasteiger partial charge in [-0.15, -0.1) is 0 Å². The van der Waals surface area contributed by atoms with E-state index in [1.54, 1.807) is 18.2 Å². The Balaban J connectivity index is 2.60. The summed E-state index contributed by atoms with van der Waals surface area (Å²) in [5, 5.41) is 2.66. The minimum atomic E-state index is -0.469. The van der Waals surface area contributed by atoms with Crippen molar-refractivity contribution in [3.8, 4) is 0 Å². The first-order chi connectivity index (χ1) is 7.99. The molecule has 0 bridgehead atoms. The van der Waals surface area contributed by atoms with Gasteiger partial charge in [0, 0.05) is 11.7 Å². The molecule has 0 aliphatic rings. The molecule has 1 aromatic heterocycles. The van der Waals surface area contributed by atoms with Crippen molar-refractivity contribution in [1.29, 1.82) is 0 Å². The number of hydrogen-bond donors (Lipinski definition) is 3. The summed E-state index contributed by atoms with van der Waals surface area (Å²) in [5.74, 6) is 0. The number of anilines is 1. The van der Waals surface area contributed by atoms with Crippen LogP contribution in [0.25, 0.3) is 11.0 Å². The summed E-state index contributed by atoms with van der Waals surface area (Å²) < 4.78 is 1.05. The zero-order valence-electron chi connectivity index (χ0n) is 9.65. The van der Waals surface area contributed by atoms with E-state index >= 15 is 0 Å². The van der Waals surface area contributed by atoms with Crippen LogP contribution < -0.4 is 16.7 Å². The van der Waals surface area contributed by atoms with Crippen molar-refractivity contribution in [3.05, 3.63) is 28.7 Å². The summed E-state index contributed by atoms with van der Waals surface area (Å²) in [6, 6.07) is 4.43. The van der Waals surface area contributed by atoms with Gasteiger partial charge in [0.2, 0.25) is 0 Å². The molecule has 1 amide bonds. The third-order valence-corrected chi connectivity index (χ3v) is 2.32. The highest BCUT2D eigenvalue weighted by Crippen LogP contribution is 2.13. The summed E-state index contributed by atoms with van der Waals surface area (Å²) in [7, 11) is 0. The Morgan fingerprint density at radius 1 is 1.47 bits per heavy atom. The van der Waals surface area contributed by atoms with Gasteiger partial charge in [0.25, 0.3) is 0 Å². The molecule has 0 aliphatic carbocycles. The van der Waals surface area contributed by atoms with Gasteiger partial charge in [-0.25, -0.2) is 14.2 Å². The maximum atomic E-state index is 11.9. The molecule has 0 aliphatic heterocycles. The molecular formula is C11H14N4O2. The summed E-state index contributed by atoms with van der Waals surface area (Å²) in [4.78, 5) is 26.1. The highest BCUT2D eigenvalue weighted by atomic mass is 16.2. The number of amides is 1. The summed E-state index contributed by atoms with van der Waals surface area (Å²) in [6.07, 6.45) is 0. The number of nitrogen functional groups attached to an aromatic ring is 1. The first kappa shape index (κ1) is 11.3. The lowest BCUT2D eigenvalue weighted by Crippen LogP contribution is -2.38. The zero-order valence-corrected chi connectivity index (χ0v) is 9.65. The number of carbonyl (C=O) groups is 1. The molecule has 0 atom stereocenters. The Hall–Kier alpha value is -2.24. The number of nitrogens with zero attached hydrogens (tertiary/aromatic N) is 1. The molecule has 6 nitrogen and oxygen atoms in total. The van der Waals surface area contributed by atoms with Gasteiger partial charge in [-0.2, -0.15) is 0 Å². The zero-order chi connectivity index (χ0) is 12.6. The van der Waals surface area contributed by atoms with Crippen molar-refractivity contribution in [2.45, 2.75) is 19.9 Å². The topological polar surface area (TPSA) is 92.9 Å². The first-order valence-electron chi connectivity index (χ1n) is 5.30. The van der Waals surface area contributed by atoms with Crippen LogP contribution in [-0.2, 0) is 0 Å². The first-order valence-corrected chi connectivity index (χ1v) is 5.30. The van der Waals surface area contributed by atoms with Crippen molar-refractivity contribution in [1.82, 2.24) is 14.9 Å². The van der Waals surface area contributed by atoms with Gasteiger partial charge >= 0.3 is 11.7 Å². The van der Waals surface area contributed by atoms with E-state index in [1.807, 2.05) is 13.8 Å². The van der Waals surface area contributed by atoms with Crippen LogP contribution in [0.2, 0.25) is 0 Å². The maximum absolute atomic E-state index is 11.9. The predicted octanol–water partition coefficient (Wildman–Crippen LogP) is 0.878. The molecule has 2 aromatic rings. The number of nitrogens with two attached hydrogens (primary N) is 1. The molecule has 1 heterocycles. The average Bonchev–Trinajstić information content (AvgIpc) is 2.52. The van der Waals surface area contributed by atoms with E-state index in [2.05, 4.69) is 10.3 Å². The van der Waals surface area contributed by atoms with E-state index in [1.165, 1.54) is 0 Å². The lowest BCUT2D eigenvalue weighted by atomic mass is 10.3. The second-order valence-electron chi connectivity index (χ2n) is 4.15. The second-order valence-corrected chi connectivity index (χ2v) is 4.15. The lowest BCUT2D eigenvalue weighted by molar-refractivity contribution is 0.240. The van der Waals surface area contributed by atoms with Crippen LogP contribution in [-0.4, -0.2) is 21.6 Å². The van der Waals surface area contributed by atoms with Gasteiger partial charge in [-0.05, 0) is 32.0 Å². The monoisotopic (exact) mass is 234 g/mol. The molecule has 4 N–H and O–H groups in total. The fraction of sp³-hybridized carbons (Fsp3) is 0.273. The smallest absolute Gasteiger partial charge is 0.334 e. The molecular weight excluding hydrogens is 220 g/mol. The molecule has 0 saturated heterocycles. The van der Waals surface area contributed by atoms with Crippen LogP contribution in [0.4, 0.5) is 10.5 Å². The van der Waals surface area contributed by atoms with E-state index in [4.69, 9.17) is 5.73 Å². The van der Waals surface area contributed by atoms with E-state index in [0.29, 0.717) is 16.7 Å². The predicted molar refractivity (Wildman–Crippen MR) is 66.0 cm³/mol. The third-order valence-electron chi connectivity index (χ3n) is 2.32. The highest BCUT2D eigenvalue weighted by Gasteiger charge is 2.14. The largest absolute Gasteiger partial charge is 0.399 e. The van der Waals surface area contributed by atoms with Gasteiger partial charge < -0.3 is 16.0 Å². The SMILES string of the molecule is CC(C)NC(=O)n1c(=O)[nH]c2ccc(N)cc21. The lowest BCUT2D eigenvalue weighted by Gasteiger charge is -2.08. The van der Waals surface area contributed by atoms with Gasteiger partial charge in [-0.3, -0.25) is 0 Å². The molecule has 0 unspecified atom stereocenters. The average molecular weight is 234 g/mol. The number of carbonyl (C=O) groups excluding carboxylic acids is 1. The molecule has 0 fully saturated rings. The number of imidazole rings is 1. The Bertz CT molecular complexity index is 624.